The molecule has 0 aliphatic carbocycles. The van der Waals surface area contributed by atoms with Gasteiger partial charge >= 0.3 is 6.18 Å². The van der Waals surface area contributed by atoms with E-state index in [1.807, 2.05) is 0 Å². The van der Waals surface area contributed by atoms with Gasteiger partial charge in [0.15, 0.2) is 0 Å². The van der Waals surface area contributed by atoms with Crippen LogP contribution in [0.3, 0.4) is 0 Å². The number of sulfonamides is 1. The smallest absolute Gasteiger partial charge is 0.326 e. The molecule has 2 aromatic rings. The summed E-state index contributed by atoms with van der Waals surface area (Å²) in [6.45, 7) is 2.87. The molecule has 0 heterocycles. The number of benzene rings is 2. The van der Waals surface area contributed by atoms with Crippen LogP contribution in [0.15, 0.2) is 52.3 Å². The van der Waals surface area contributed by atoms with Crippen LogP contribution in [-0.2, 0) is 14.8 Å². The number of rotatable bonds is 6. The Morgan fingerprint density at radius 3 is 2.44 bits per heavy atom. The zero-order chi connectivity index (χ0) is 20.2. The fourth-order valence-electron chi connectivity index (χ4n) is 2.21. The third-order valence-corrected chi connectivity index (χ3v) is 5.97. The van der Waals surface area contributed by atoms with Crippen molar-refractivity contribution in [3.8, 4) is 0 Å². The Hall–Kier alpha value is -2.20. The highest BCUT2D eigenvalue weighted by atomic mass is 32.2. The average molecular weight is 418 g/mol. The number of hydrogen-bond donors (Lipinski definition) is 2. The third-order valence-electron chi connectivity index (χ3n) is 3.32. The Labute approximate surface area is 159 Å². The van der Waals surface area contributed by atoms with E-state index in [0.717, 1.165) is 0 Å². The maximum absolute atomic E-state index is 12.8. The van der Waals surface area contributed by atoms with Crippen molar-refractivity contribution in [3.63, 3.8) is 0 Å². The molecule has 0 saturated carbocycles. The van der Waals surface area contributed by atoms with Crippen LogP contribution in [-0.4, -0.2) is 26.3 Å². The molecule has 27 heavy (non-hydrogen) atoms. The summed E-state index contributed by atoms with van der Waals surface area (Å²) < 4.78 is 65.3. The first-order chi connectivity index (χ1) is 12.5. The molecular weight excluding hydrogens is 401 g/mol. The van der Waals surface area contributed by atoms with E-state index >= 15 is 0 Å². The maximum atomic E-state index is 12.8. The zero-order valence-electron chi connectivity index (χ0n) is 14.4. The molecule has 10 heteroatoms. The second-order valence-electron chi connectivity index (χ2n) is 5.67. The predicted molar refractivity (Wildman–Crippen MR) is 99.5 cm³/mol. The number of carbonyl (C=O) groups excluding carboxylic acids is 1. The van der Waals surface area contributed by atoms with Crippen LogP contribution < -0.4 is 10.0 Å². The molecule has 0 fully saturated rings. The second kappa shape index (κ2) is 8.22. The first kappa shape index (κ1) is 21.1. The lowest BCUT2D eigenvalue weighted by Crippen LogP contribution is -2.16. The summed E-state index contributed by atoms with van der Waals surface area (Å²) >= 11 is 0.497. The number of aryl methyl sites for hydroxylation is 1. The molecule has 5 nitrogen and oxygen atoms in total. The highest BCUT2D eigenvalue weighted by Gasteiger charge is 2.28. The Kier molecular flexibility index (Phi) is 6.42. The van der Waals surface area contributed by atoms with Crippen molar-refractivity contribution in [2.45, 2.75) is 29.8 Å². The molecule has 2 aromatic carbocycles. The van der Waals surface area contributed by atoms with Crippen LogP contribution in [0, 0.1) is 6.92 Å². The Morgan fingerprint density at radius 1 is 1.15 bits per heavy atom. The number of amides is 1. The normalized spacial score (nSPS) is 11.9. The lowest BCUT2D eigenvalue weighted by molar-refractivity contribution is -0.114. The number of anilines is 2. The van der Waals surface area contributed by atoms with Gasteiger partial charge in [-0.3, -0.25) is 9.52 Å². The van der Waals surface area contributed by atoms with Gasteiger partial charge in [0.05, 0.1) is 16.3 Å². The van der Waals surface area contributed by atoms with Crippen LogP contribution in [0.2, 0.25) is 0 Å². The van der Waals surface area contributed by atoms with Crippen molar-refractivity contribution < 1.29 is 26.4 Å². The van der Waals surface area contributed by atoms with E-state index in [9.17, 15) is 26.4 Å². The molecule has 146 valence electrons. The van der Waals surface area contributed by atoms with E-state index in [0.29, 0.717) is 23.0 Å². The summed E-state index contributed by atoms with van der Waals surface area (Å²) in [7, 11) is -4.07. The SMILES string of the molecule is CC(=O)Nc1ccc(C)c(S(=O)(=O)Nc2ccccc2SCC(F)(F)F)c1. The Balaban J connectivity index is 2.33. The number of thioether (sulfide) groups is 1. The van der Waals surface area contributed by atoms with E-state index in [1.54, 1.807) is 13.0 Å². The quantitative estimate of drug-likeness (QED) is 0.682. The topological polar surface area (TPSA) is 75.3 Å². The Bertz CT molecular complexity index is 945. The van der Waals surface area contributed by atoms with Gasteiger partial charge < -0.3 is 5.32 Å². The largest absolute Gasteiger partial charge is 0.398 e. The highest BCUT2D eigenvalue weighted by molar-refractivity contribution is 7.99. The van der Waals surface area contributed by atoms with E-state index in [-0.39, 0.29) is 21.4 Å². The number of carbonyl (C=O) groups is 1. The molecule has 1 amide bonds. The van der Waals surface area contributed by atoms with Crippen molar-refractivity contribution in [2.75, 3.05) is 15.8 Å². The van der Waals surface area contributed by atoms with Crippen molar-refractivity contribution in [3.05, 3.63) is 48.0 Å². The minimum atomic E-state index is -4.38. The molecular formula is C17H17F3N2O3S2. The summed E-state index contributed by atoms with van der Waals surface area (Å²) in [6.07, 6.45) is -4.38. The summed E-state index contributed by atoms with van der Waals surface area (Å²) in [6, 6.07) is 10.2. The summed E-state index contributed by atoms with van der Waals surface area (Å²) in [5.41, 5.74) is 0.779. The summed E-state index contributed by atoms with van der Waals surface area (Å²) in [5.74, 6) is -1.49. The van der Waals surface area contributed by atoms with Crippen molar-refractivity contribution >= 4 is 39.1 Å². The predicted octanol–water partition coefficient (Wildman–Crippen LogP) is 4.41. The van der Waals surface area contributed by atoms with Crippen LogP contribution in [0.4, 0.5) is 24.5 Å². The lowest BCUT2D eigenvalue weighted by Gasteiger charge is -2.15. The van der Waals surface area contributed by atoms with E-state index < -0.39 is 22.0 Å². The van der Waals surface area contributed by atoms with Gasteiger partial charge in [-0.15, -0.1) is 11.8 Å². The van der Waals surface area contributed by atoms with Gasteiger partial charge in [-0.05, 0) is 36.8 Å². The van der Waals surface area contributed by atoms with Gasteiger partial charge in [-0.25, -0.2) is 8.42 Å². The molecule has 0 aliphatic heterocycles. The van der Waals surface area contributed by atoms with Crippen LogP contribution in [0.5, 0.6) is 0 Å². The second-order valence-corrected chi connectivity index (χ2v) is 8.33. The maximum Gasteiger partial charge on any atom is 0.398 e. The van der Waals surface area contributed by atoms with Gasteiger partial charge in [0.25, 0.3) is 10.0 Å². The molecule has 0 aromatic heterocycles. The van der Waals surface area contributed by atoms with Gasteiger partial charge in [0, 0.05) is 17.5 Å². The van der Waals surface area contributed by atoms with Crippen molar-refractivity contribution in [1.82, 2.24) is 0 Å². The van der Waals surface area contributed by atoms with E-state index in [4.69, 9.17) is 0 Å². The molecule has 0 saturated heterocycles. The zero-order valence-corrected chi connectivity index (χ0v) is 16.1. The first-order valence-corrected chi connectivity index (χ1v) is 10.1. The van der Waals surface area contributed by atoms with Gasteiger partial charge in [0.1, 0.15) is 0 Å². The minimum absolute atomic E-state index is 0.0519. The molecule has 0 atom stereocenters. The number of nitrogens with one attached hydrogen (secondary N) is 2. The molecule has 0 aliphatic rings. The first-order valence-electron chi connectivity index (χ1n) is 7.67. The Morgan fingerprint density at radius 2 is 1.81 bits per heavy atom. The molecule has 2 rings (SSSR count). The molecule has 0 spiro atoms. The van der Waals surface area contributed by atoms with Crippen molar-refractivity contribution in [1.29, 1.82) is 0 Å². The molecule has 0 bridgehead atoms. The third kappa shape index (κ3) is 6.17. The minimum Gasteiger partial charge on any atom is -0.326 e. The molecule has 0 unspecified atom stereocenters. The van der Waals surface area contributed by atoms with Gasteiger partial charge in [0.2, 0.25) is 5.91 Å². The summed E-state index contributed by atoms with van der Waals surface area (Å²) in [5, 5.41) is 2.50. The van der Waals surface area contributed by atoms with Gasteiger partial charge in [-0.1, -0.05) is 18.2 Å². The average Bonchev–Trinajstić information content (AvgIpc) is 2.54. The summed E-state index contributed by atoms with van der Waals surface area (Å²) in [4.78, 5) is 11.3. The number of alkyl halides is 3. The monoisotopic (exact) mass is 418 g/mol. The fraction of sp³-hybridized carbons (Fsp3) is 0.235. The molecule has 0 radical (unpaired) electrons. The highest BCUT2D eigenvalue weighted by Crippen LogP contribution is 2.33. The van der Waals surface area contributed by atoms with Crippen LogP contribution in [0.25, 0.3) is 0 Å². The van der Waals surface area contributed by atoms with Gasteiger partial charge in [-0.2, -0.15) is 13.2 Å². The molecule has 2 N–H and O–H groups in total. The van der Waals surface area contributed by atoms with Crippen LogP contribution in [0.1, 0.15) is 12.5 Å². The lowest BCUT2D eigenvalue weighted by atomic mass is 10.2. The van der Waals surface area contributed by atoms with Crippen molar-refractivity contribution in [2.24, 2.45) is 0 Å². The number of para-hydroxylation sites is 1. The fourth-order valence-corrected chi connectivity index (χ4v) is 4.39. The van der Waals surface area contributed by atoms with Crippen LogP contribution >= 0.6 is 11.8 Å². The standard InChI is InChI=1S/C17H17F3N2O3S2/c1-11-7-8-13(21-12(2)23)9-16(11)27(24,25)22-14-5-3-4-6-15(14)26-10-17(18,19)20/h3-9,22H,10H2,1-2H3,(H,21,23). The van der Waals surface area contributed by atoms with E-state index in [2.05, 4.69) is 10.0 Å². The number of halogens is 3. The number of hydrogen-bond acceptors (Lipinski definition) is 4. The van der Waals surface area contributed by atoms with E-state index in [1.165, 1.54) is 43.3 Å².